The average Bonchev–Trinajstić information content (AvgIpc) is 2.83. The third-order valence-corrected chi connectivity index (χ3v) is 5.92. The molecule has 1 atom stereocenters. The van der Waals surface area contributed by atoms with Gasteiger partial charge in [-0.1, -0.05) is 18.2 Å². The molecular formula is C24H34N6O2. The number of hydrogen-bond acceptors (Lipinski definition) is 6. The van der Waals surface area contributed by atoms with Crippen molar-refractivity contribution in [1.82, 2.24) is 15.2 Å². The minimum Gasteiger partial charge on any atom is -0.506 e. The second-order valence-electron chi connectivity index (χ2n) is 8.29. The Kier molecular flexibility index (Phi) is 7.32. The monoisotopic (exact) mass is 438 g/mol. The summed E-state index contributed by atoms with van der Waals surface area (Å²) in [5.74, 6) is 2.26. The minimum absolute atomic E-state index is 0.240. The Balaban J connectivity index is 1.35. The zero-order valence-electron chi connectivity index (χ0n) is 19.1. The molecule has 1 aromatic heterocycles. The molecule has 4 rings (SSSR count). The average molecular weight is 439 g/mol. The van der Waals surface area contributed by atoms with Crippen LogP contribution in [0, 0.1) is 0 Å². The number of pyridine rings is 1. The first kappa shape index (κ1) is 22.2. The first-order valence-electron chi connectivity index (χ1n) is 11.5. The molecule has 0 aliphatic carbocycles. The molecule has 8 heteroatoms. The van der Waals surface area contributed by atoms with Gasteiger partial charge in [0.2, 0.25) is 0 Å². The number of guanidine groups is 1. The van der Waals surface area contributed by atoms with E-state index in [0.717, 1.165) is 75.4 Å². The lowest BCUT2D eigenvalue weighted by Crippen LogP contribution is -2.52. The number of phenols is 1. The van der Waals surface area contributed by atoms with Crippen LogP contribution in [0.2, 0.25) is 0 Å². The number of anilines is 2. The second kappa shape index (κ2) is 10.5. The van der Waals surface area contributed by atoms with E-state index in [4.69, 9.17) is 9.73 Å². The third kappa shape index (κ3) is 5.43. The van der Waals surface area contributed by atoms with E-state index < -0.39 is 0 Å². The molecule has 2 aromatic rings. The van der Waals surface area contributed by atoms with Crippen molar-refractivity contribution in [2.24, 2.45) is 4.99 Å². The van der Waals surface area contributed by atoms with Crippen LogP contribution >= 0.6 is 0 Å². The highest BCUT2D eigenvalue weighted by atomic mass is 16.5. The number of benzene rings is 1. The van der Waals surface area contributed by atoms with Crippen molar-refractivity contribution in [3.05, 3.63) is 48.2 Å². The Hall–Kier alpha value is -3.00. The van der Waals surface area contributed by atoms with E-state index in [1.807, 2.05) is 24.4 Å². The third-order valence-electron chi connectivity index (χ3n) is 5.92. The van der Waals surface area contributed by atoms with Crippen molar-refractivity contribution in [3.8, 4) is 5.75 Å². The number of nitrogens with zero attached hydrogens (tertiary/aromatic N) is 5. The molecule has 0 radical (unpaired) electrons. The SMILES string of the molecule is CCNC(=NCc1ccc(N2CCOC(C)C2)nc1)N1CCN(c2ccccc2O)CC1. The molecular weight excluding hydrogens is 404 g/mol. The van der Waals surface area contributed by atoms with Crippen LogP contribution in [0.15, 0.2) is 47.6 Å². The highest BCUT2D eigenvalue weighted by molar-refractivity contribution is 5.80. The predicted molar refractivity (Wildman–Crippen MR) is 129 cm³/mol. The van der Waals surface area contributed by atoms with Crippen molar-refractivity contribution in [2.45, 2.75) is 26.5 Å². The van der Waals surface area contributed by atoms with E-state index in [-0.39, 0.29) is 6.10 Å². The maximum atomic E-state index is 10.1. The summed E-state index contributed by atoms with van der Waals surface area (Å²) in [5.41, 5.74) is 1.99. The van der Waals surface area contributed by atoms with Crippen LogP contribution in [0.4, 0.5) is 11.5 Å². The Labute approximate surface area is 190 Å². The van der Waals surface area contributed by atoms with Gasteiger partial charge in [-0.25, -0.2) is 9.98 Å². The van der Waals surface area contributed by atoms with Crippen LogP contribution in [0.3, 0.4) is 0 Å². The van der Waals surface area contributed by atoms with Gasteiger partial charge in [-0.2, -0.15) is 0 Å². The number of morpholine rings is 1. The predicted octanol–water partition coefficient (Wildman–Crippen LogP) is 2.30. The summed E-state index contributed by atoms with van der Waals surface area (Å²) >= 11 is 0. The quantitative estimate of drug-likeness (QED) is 0.548. The van der Waals surface area contributed by atoms with Crippen molar-refractivity contribution < 1.29 is 9.84 Å². The number of phenolic OH excluding ortho intramolecular Hbond substituents is 1. The van der Waals surface area contributed by atoms with Crippen molar-refractivity contribution >= 4 is 17.5 Å². The summed E-state index contributed by atoms with van der Waals surface area (Å²) in [5, 5.41) is 13.6. The summed E-state index contributed by atoms with van der Waals surface area (Å²) in [6, 6.07) is 11.7. The summed E-state index contributed by atoms with van der Waals surface area (Å²) in [4.78, 5) is 16.3. The van der Waals surface area contributed by atoms with E-state index in [2.05, 4.69) is 51.0 Å². The number of piperazine rings is 1. The number of hydrogen-bond donors (Lipinski definition) is 2. The fraction of sp³-hybridized carbons (Fsp3) is 0.500. The number of aromatic nitrogens is 1. The highest BCUT2D eigenvalue weighted by Crippen LogP contribution is 2.27. The number of para-hydroxylation sites is 2. The lowest BCUT2D eigenvalue weighted by atomic mass is 10.2. The molecule has 3 heterocycles. The molecule has 1 unspecified atom stereocenters. The molecule has 0 bridgehead atoms. The molecule has 0 amide bonds. The molecule has 2 N–H and O–H groups in total. The zero-order chi connectivity index (χ0) is 22.3. The van der Waals surface area contributed by atoms with E-state index in [0.29, 0.717) is 12.3 Å². The van der Waals surface area contributed by atoms with Crippen LogP contribution in [0.25, 0.3) is 0 Å². The van der Waals surface area contributed by atoms with Gasteiger partial charge in [0.25, 0.3) is 0 Å². The summed E-state index contributed by atoms with van der Waals surface area (Å²) in [6.45, 7) is 11.5. The van der Waals surface area contributed by atoms with Gasteiger partial charge in [-0.05, 0) is 37.6 Å². The summed E-state index contributed by atoms with van der Waals surface area (Å²) < 4.78 is 5.62. The number of aliphatic imine (C=N–C) groups is 1. The van der Waals surface area contributed by atoms with Gasteiger partial charge in [0.1, 0.15) is 11.6 Å². The molecule has 2 aliphatic heterocycles. The van der Waals surface area contributed by atoms with Gasteiger partial charge >= 0.3 is 0 Å². The molecule has 8 nitrogen and oxygen atoms in total. The zero-order valence-corrected chi connectivity index (χ0v) is 19.1. The Morgan fingerprint density at radius 3 is 2.62 bits per heavy atom. The van der Waals surface area contributed by atoms with Crippen LogP contribution in [0.1, 0.15) is 19.4 Å². The Morgan fingerprint density at radius 2 is 1.94 bits per heavy atom. The van der Waals surface area contributed by atoms with Gasteiger partial charge in [-0.3, -0.25) is 0 Å². The van der Waals surface area contributed by atoms with Gasteiger partial charge in [-0.15, -0.1) is 0 Å². The lowest BCUT2D eigenvalue weighted by Gasteiger charge is -2.37. The molecule has 2 aliphatic rings. The molecule has 2 saturated heterocycles. The molecule has 0 spiro atoms. The molecule has 0 saturated carbocycles. The topological polar surface area (TPSA) is 76.5 Å². The Morgan fingerprint density at radius 1 is 1.12 bits per heavy atom. The molecule has 32 heavy (non-hydrogen) atoms. The van der Waals surface area contributed by atoms with Crippen LogP contribution in [-0.4, -0.2) is 79.5 Å². The molecule has 1 aromatic carbocycles. The molecule has 2 fully saturated rings. The first-order valence-corrected chi connectivity index (χ1v) is 11.5. The number of ether oxygens (including phenoxy) is 1. The summed E-state index contributed by atoms with van der Waals surface area (Å²) in [6.07, 6.45) is 2.17. The second-order valence-corrected chi connectivity index (χ2v) is 8.29. The lowest BCUT2D eigenvalue weighted by molar-refractivity contribution is 0.0529. The maximum Gasteiger partial charge on any atom is 0.194 e. The van der Waals surface area contributed by atoms with Crippen molar-refractivity contribution in [1.29, 1.82) is 0 Å². The van der Waals surface area contributed by atoms with Crippen molar-refractivity contribution in [3.63, 3.8) is 0 Å². The van der Waals surface area contributed by atoms with E-state index in [1.165, 1.54) is 0 Å². The van der Waals surface area contributed by atoms with E-state index >= 15 is 0 Å². The highest BCUT2D eigenvalue weighted by Gasteiger charge is 2.21. The fourth-order valence-corrected chi connectivity index (χ4v) is 4.21. The summed E-state index contributed by atoms with van der Waals surface area (Å²) in [7, 11) is 0. The molecule has 172 valence electrons. The van der Waals surface area contributed by atoms with Crippen LogP contribution < -0.4 is 15.1 Å². The standard InChI is InChI=1S/C24H34N6O2/c1-3-25-24(29-12-10-28(11-13-29)21-6-4-5-7-22(21)31)27-17-20-8-9-23(26-16-20)30-14-15-32-19(2)18-30/h4-9,16,19,31H,3,10-15,17-18H2,1-2H3,(H,25,27). The van der Waals surface area contributed by atoms with E-state index in [1.54, 1.807) is 6.07 Å². The minimum atomic E-state index is 0.240. The first-order chi connectivity index (χ1) is 15.6. The van der Waals surface area contributed by atoms with Crippen LogP contribution in [0.5, 0.6) is 5.75 Å². The van der Waals surface area contributed by atoms with Crippen molar-refractivity contribution in [2.75, 3.05) is 62.2 Å². The smallest absolute Gasteiger partial charge is 0.194 e. The number of nitrogens with one attached hydrogen (secondary N) is 1. The van der Waals surface area contributed by atoms with Gasteiger partial charge in [0.05, 0.1) is 24.9 Å². The maximum absolute atomic E-state index is 10.1. The van der Waals surface area contributed by atoms with Gasteiger partial charge in [0, 0.05) is 52.0 Å². The van der Waals surface area contributed by atoms with Crippen LogP contribution in [-0.2, 0) is 11.3 Å². The number of aromatic hydroxyl groups is 1. The normalized spacial score (nSPS) is 19.9. The number of rotatable bonds is 5. The van der Waals surface area contributed by atoms with Gasteiger partial charge < -0.3 is 29.9 Å². The fourth-order valence-electron chi connectivity index (χ4n) is 4.21. The van der Waals surface area contributed by atoms with Gasteiger partial charge in [0.15, 0.2) is 5.96 Å². The Bertz CT molecular complexity index is 896. The van der Waals surface area contributed by atoms with E-state index in [9.17, 15) is 5.11 Å². The largest absolute Gasteiger partial charge is 0.506 e.